The van der Waals surface area contributed by atoms with Crippen LogP contribution in [0.1, 0.15) is 32.5 Å². The SMILES string of the molecule is COc1cc2nc(CN(C(C)C)C3CC3)[nH]c(=O)c2cc1OC. The maximum atomic E-state index is 12.4. The highest BCUT2D eigenvalue weighted by Gasteiger charge is 2.31. The number of rotatable bonds is 6. The Bertz CT molecular complexity index is 764. The van der Waals surface area contributed by atoms with Crippen molar-refractivity contribution in [1.82, 2.24) is 14.9 Å². The Morgan fingerprint density at radius 3 is 2.48 bits per heavy atom. The summed E-state index contributed by atoms with van der Waals surface area (Å²) in [6.07, 6.45) is 2.45. The van der Waals surface area contributed by atoms with Crippen molar-refractivity contribution in [3.05, 3.63) is 28.3 Å². The summed E-state index contributed by atoms with van der Waals surface area (Å²) < 4.78 is 10.6. The average molecular weight is 317 g/mol. The zero-order chi connectivity index (χ0) is 16.6. The lowest BCUT2D eigenvalue weighted by Crippen LogP contribution is -2.33. The van der Waals surface area contributed by atoms with Crippen LogP contribution in [0.15, 0.2) is 16.9 Å². The number of fused-ring (bicyclic) bond motifs is 1. The first kappa shape index (κ1) is 15.8. The minimum absolute atomic E-state index is 0.148. The minimum atomic E-state index is -0.148. The van der Waals surface area contributed by atoms with Crippen LogP contribution in [-0.2, 0) is 6.54 Å². The van der Waals surface area contributed by atoms with E-state index in [0.29, 0.717) is 46.9 Å². The number of methoxy groups -OCH3 is 2. The van der Waals surface area contributed by atoms with Gasteiger partial charge in [0.1, 0.15) is 5.82 Å². The molecule has 1 aromatic carbocycles. The highest BCUT2D eigenvalue weighted by molar-refractivity contribution is 5.81. The third-order valence-electron chi connectivity index (χ3n) is 4.27. The third-order valence-corrected chi connectivity index (χ3v) is 4.27. The fraction of sp³-hybridized carbons (Fsp3) is 0.529. The molecule has 1 heterocycles. The second-order valence-electron chi connectivity index (χ2n) is 6.23. The fourth-order valence-electron chi connectivity index (χ4n) is 2.90. The molecule has 6 nitrogen and oxygen atoms in total. The Morgan fingerprint density at radius 2 is 1.91 bits per heavy atom. The van der Waals surface area contributed by atoms with E-state index in [1.54, 1.807) is 26.4 Å². The monoisotopic (exact) mass is 317 g/mol. The van der Waals surface area contributed by atoms with Gasteiger partial charge in [0.2, 0.25) is 0 Å². The third kappa shape index (κ3) is 3.17. The van der Waals surface area contributed by atoms with Crippen molar-refractivity contribution in [3.63, 3.8) is 0 Å². The van der Waals surface area contributed by atoms with Gasteiger partial charge in [-0.15, -0.1) is 0 Å². The standard InChI is InChI=1S/C17H23N3O3/c1-10(2)20(11-5-6-11)9-16-18-13-8-15(23-4)14(22-3)7-12(13)17(21)19-16/h7-8,10-11H,5-6,9H2,1-4H3,(H,18,19,21). The molecule has 1 fully saturated rings. The summed E-state index contributed by atoms with van der Waals surface area (Å²) >= 11 is 0. The Balaban J connectivity index is 2.01. The molecule has 0 bridgehead atoms. The smallest absolute Gasteiger partial charge is 0.258 e. The molecule has 0 radical (unpaired) electrons. The molecule has 124 valence electrons. The number of nitrogens with one attached hydrogen (secondary N) is 1. The van der Waals surface area contributed by atoms with Crippen LogP contribution in [0, 0.1) is 0 Å². The second-order valence-corrected chi connectivity index (χ2v) is 6.23. The molecule has 0 atom stereocenters. The molecule has 3 rings (SSSR count). The summed E-state index contributed by atoms with van der Waals surface area (Å²) in [7, 11) is 3.13. The first-order valence-electron chi connectivity index (χ1n) is 7.94. The van der Waals surface area contributed by atoms with E-state index in [4.69, 9.17) is 9.47 Å². The van der Waals surface area contributed by atoms with E-state index < -0.39 is 0 Å². The molecule has 1 aliphatic carbocycles. The van der Waals surface area contributed by atoms with Crippen LogP contribution in [0.5, 0.6) is 11.5 Å². The van der Waals surface area contributed by atoms with Gasteiger partial charge in [0, 0.05) is 18.2 Å². The number of hydrogen-bond acceptors (Lipinski definition) is 5. The molecule has 1 aliphatic rings. The van der Waals surface area contributed by atoms with Gasteiger partial charge >= 0.3 is 0 Å². The van der Waals surface area contributed by atoms with Gasteiger partial charge in [-0.3, -0.25) is 9.69 Å². The van der Waals surface area contributed by atoms with Crippen LogP contribution in [0.4, 0.5) is 0 Å². The van der Waals surface area contributed by atoms with Gasteiger partial charge in [-0.25, -0.2) is 4.98 Å². The van der Waals surface area contributed by atoms with Crippen LogP contribution >= 0.6 is 0 Å². The molecule has 6 heteroatoms. The molecule has 2 aromatic rings. The summed E-state index contributed by atoms with van der Waals surface area (Å²) in [5, 5.41) is 0.508. The maximum Gasteiger partial charge on any atom is 0.258 e. The Labute approximate surface area is 135 Å². The van der Waals surface area contributed by atoms with E-state index in [2.05, 4.69) is 28.7 Å². The van der Waals surface area contributed by atoms with Gasteiger partial charge in [0.15, 0.2) is 11.5 Å². The van der Waals surface area contributed by atoms with E-state index >= 15 is 0 Å². The van der Waals surface area contributed by atoms with E-state index in [-0.39, 0.29) is 5.56 Å². The lowest BCUT2D eigenvalue weighted by atomic mass is 10.2. The van der Waals surface area contributed by atoms with Crippen LogP contribution in [0.25, 0.3) is 10.9 Å². The number of H-pyrrole nitrogens is 1. The molecule has 0 unspecified atom stereocenters. The Hall–Kier alpha value is -2.08. The molecule has 23 heavy (non-hydrogen) atoms. The van der Waals surface area contributed by atoms with Gasteiger partial charge < -0.3 is 14.5 Å². The topological polar surface area (TPSA) is 67.5 Å². The molecule has 1 N–H and O–H groups in total. The van der Waals surface area contributed by atoms with Crippen molar-refractivity contribution in [2.24, 2.45) is 0 Å². The van der Waals surface area contributed by atoms with Gasteiger partial charge in [-0.2, -0.15) is 0 Å². The minimum Gasteiger partial charge on any atom is -0.493 e. The highest BCUT2D eigenvalue weighted by Crippen LogP contribution is 2.31. The van der Waals surface area contributed by atoms with Crippen LogP contribution in [0.2, 0.25) is 0 Å². The predicted molar refractivity (Wildman–Crippen MR) is 89.2 cm³/mol. The van der Waals surface area contributed by atoms with E-state index in [9.17, 15) is 4.79 Å². The van der Waals surface area contributed by atoms with Crippen molar-refractivity contribution < 1.29 is 9.47 Å². The normalized spacial score (nSPS) is 14.7. The molecule has 0 amide bonds. The molecule has 0 saturated heterocycles. The van der Waals surface area contributed by atoms with Gasteiger partial charge in [0.25, 0.3) is 5.56 Å². The van der Waals surface area contributed by atoms with Gasteiger partial charge in [-0.1, -0.05) is 0 Å². The first-order valence-corrected chi connectivity index (χ1v) is 7.94. The first-order chi connectivity index (χ1) is 11.0. The van der Waals surface area contributed by atoms with Crippen molar-refractivity contribution in [1.29, 1.82) is 0 Å². The Kier molecular flexibility index (Phi) is 4.26. The summed E-state index contributed by atoms with van der Waals surface area (Å²) in [6, 6.07) is 4.46. The number of aromatic amines is 1. The predicted octanol–water partition coefficient (Wildman–Crippen LogP) is 2.31. The molecular weight excluding hydrogens is 294 g/mol. The number of aromatic nitrogens is 2. The van der Waals surface area contributed by atoms with Gasteiger partial charge in [-0.05, 0) is 32.8 Å². The molecule has 1 aromatic heterocycles. The largest absolute Gasteiger partial charge is 0.493 e. The number of ether oxygens (including phenoxy) is 2. The van der Waals surface area contributed by atoms with Crippen LogP contribution in [0.3, 0.4) is 0 Å². The van der Waals surface area contributed by atoms with Crippen LogP contribution < -0.4 is 15.0 Å². The lowest BCUT2D eigenvalue weighted by Gasteiger charge is -2.25. The lowest BCUT2D eigenvalue weighted by molar-refractivity contribution is 0.197. The van der Waals surface area contributed by atoms with E-state index in [0.717, 1.165) is 0 Å². The van der Waals surface area contributed by atoms with Gasteiger partial charge in [0.05, 0.1) is 31.7 Å². The summed E-state index contributed by atoms with van der Waals surface area (Å²) in [5.41, 5.74) is 0.478. The zero-order valence-corrected chi connectivity index (χ0v) is 14.0. The summed E-state index contributed by atoms with van der Waals surface area (Å²) in [5.74, 6) is 1.80. The zero-order valence-electron chi connectivity index (χ0n) is 14.0. The van der Waals surface area contributed by atoms with Crippen molar-refractivity contribution in [2.45, 2.75) is 45.3 Å². The van der Waals surface area contributed by atoms with Crippen molar-refractivity contribution >= 4 is 10.9 Å². The number of benzene rings is 1. The van der Waals surface area contributed by atoms with E-state index in [1.807, 2.05) is 0 Å². The fourth-order valence-corrected chi connectivity index (χ4v) is 2.90. The summed E-state index contributed by atoms with van der Waals surface area (Å²) in [4.78, 5) is 22.3. The average Bonchev–Trinajstić information content (AvgIpc) is 3.35. The van der Waals surface area contributed by atoms with Crippen LogP contribution in [-0.4, -0.2) is 41.2 Å². The molecule has 1 saturated carbocycles. The van der Waals surface area contributed by atoms with E-state index in [1.165, 1.54) is 12.8 Å². The van der Waals surface area contributed by atoms with Crippen molar-refractivity contribution in [2.75, 3.05) is 14.2 Å². The maximum absolute atomic E-state index is 12.4. The number of nitrogens with zero attached hydrogens (tertiary/aromatic N) is 2. The second kappa shape index (κ2) is 6.20. The molecular formula is C17H23N3O3. The quantitative estimate of drug-likeness (QED) is 0.885. The van der Waals surface area contributed by atoms with Crippen molar-refractivity contribution in [3.8, 4) is 11.5 Å². The Morgan fingerprint density at radius 1 is 1.26 bits per heavy atom. The number of hydrogen-bond donors (Lipinski definition) is 1. The highest BCUT2D eigenvalue weighted by atomic mass is 16.5. The molecule has 0 spiro atoms. The molecule has 0 aliphatic heterocycles. The summed E-state index contributed by atoms with van der Waals surface area (Å²) in [6.45, 7) is 5.00.